The molecule has 0 aliphatic carbocycles. The molecule has 5 rings (SSSR count). The van der Waals surface area contributed by atoms with Crippen molar-refractivity contribution in [3.63, 3.8) is 0 Å². The Bertz CT molecular complexity index is 2490. The van der Waals surface area contributed by atoms with Crippen LogP contribution in [0.1, 0.15) is 124 Å². The SMILES string of the molecule is CC[C@H]1OC(=O)[C@H](C)[C@@H](O[C@H]2C[C@@](C)(OC)[C@@H](OC(=O)CCNCCOCC#Cc3ccc4c(c3)c(=O)c(C(=O)O)cn4CC)[C@H](C)O2)[C@H](C)[C@@H](O[C@@H]2O[C@H](C)C[C@H](N(C)C)[C@H]2O)[C@](C)(O)C[C@@H](C)CN(C)[C@H](C)[C@@H](OC)[C@]1(C)O. The van der Waals surface area contributed by atoms with E-state index in [4.69, 9.17) is 42.6 Å². The number of nitrogens with zero attached hydrogens (tertiary/aromatic N) is 3. The van der Waals surface area contributed by atoms with Gasteiger partial charge in [-0.05, 0) is 120 Å². The molecule has 3 aliphatic rings. The summed E-state index contributed by atoms with van der Waals surface area (Å²) in [6.45, 7) is 22.0. The van der Waals surface area contributed by atoms with Crippen LogP contribution in [0.3, 0.4) is 0 Å². The number of pyridine rings is 1. The van der Waals surface area contributed by atoms with Crippen LogP contribution >= 0.6 is 0 Å². The molecule has 3 aliphatic heterocycles. The maximum absolute atomic E-state index is 14.7. The summed E-state index contributed by atoms with van der Waals surface area (Å²) in [7, 11) is 8.72. The number of hydrogen-bond donors (Lipinski definition) is 5. The molecule has 21 nitrogen and oxygen atoms in total. The monoisotopic (exact) mass is 1130 g/mol. The molecular formula is C59H94N4O17. The topological polar surface area (TPSA) is 256 Å². The number of likely N-dealkylation sites (N-methyl/N-ethyl adjacent to an activating group) is 2. The van der Waals surface area contributed by atoms with Crippen molar-refractivity contribution >= 4 is 28.8 Å². The summed E-state index contributed by atoms with van der Waals surface area (Å²) in [5.74, 6) is 1.40. The standard InChI is InChI=1S/C59H94N4O17/c1-17-45-59(11,71)52(72-15)38(7)62(14)32-34(3)30-57(9,70)51(80-56-49(66)44(61(12)13)28-35(4)75-56)36(5)50(37(6)55(69)77-45)79-47-31-58(10,73-16)53(39(8)76-47)78-46(64)23-24-60-25-27-74-26-19-20-40-21-22-43-41(29-40)48(65)42(54(67)68)33-63(43)18-2/h21-22,29,33-39,44-45,47,49-53,56,60,66,70-71H,17-18,23-28,30-32H2,1-16H3,(H,67,68)/t34-,35-,36+,37-,38-,39+,44+,45-,47+,49-,50+,51-,52-,53+,56+,57-,58-,59-/m1/s1. The number of carbonyl (C=O) groups is 3. The van der Waals surface area contributed by atoms with Crippen LogP contribution in [0.5, 0.6) is 0 Å². The van der Waals surface area contributed by atoms with Gasteiger partial charge in [0.05, 0.1) is 54.5 Å². The van der Waals surface area contributed by atoms with Crippen molar-refractivity contribution in [1.82, 2.24) is 19.7 Å². The van der Waals surface area contributed by atoms with Crippen LogP contribution in [0.2, 0.25) is 0 Å². The third kappa shape index (κ3) is 16.1. The highest BCUT2D eigenvalue weighted by Gasteiger charge is 2.54. The molecule has 0 saturated carbocycles. The Kier molecular flexibility index (Phi) is 24.1. The minimum absolute atomic E-state index is 0.0205. The molecule has 0 spiro atoms. The smallest absolute Gasteiger partial charge is 0.341 e. The van der Waals surface area contributed by atoms with Crippen LogP contribution in [0, 0.1) is 29.6 Å². The summed E-state index contributed by atoms with van der Waals surface area (Å²) in [4.78, 5) is 56.6. The van der Waals surface area contributed by atoms with Gasteiger partial charge in [-0.2, -0.15) is 0 Å². The van der Waals surface area contributed by atoms with Gasteiger partial charge in [-0.25, -0.2) is 4.79 Å². The Balaban J connectivity index is 1.30. The zero-order valence-corrected chi connectivity index (χ0v) is 50.2. The minimum Gasteiger partial charge on any atom is -0.477 e. The zero-order valence-electron chi connectivity index (χ0n) is 50.2. The number of aromatic nitrogens is 1. The van der Waals surface area contributed by atoms with Gasteiger partial charge in [0.1, 0.15) is 41.7 Å². The second-order valence-electron chi connectivity index (χ2n) is 23.4. The minimum atomic E-state index is -1.63. The number of esters is 2. The average molecular weight is 1130 g/mol. The molecule has 1 aromatic heterocycles. The number of aromatic carboxylic acids is 1. The highest BCUT2D eigenvalue weighted by atomic mass is 16.7. The first-order valence-electron chi connectivity index (χ1n) is 28.3. The summed E-state index contributed by atoms with van der Waals surface area (Å²) < 4.78 is 58.4. The summed E-state index contributed by atoms with van der Waals surface area (Å²) in [6.07, 6.45) is -6.77. The number of aryl methyl sites for hydroxylation is 1. The molecule has 0 radical (unpaired) electrons. The number of benzene rings is 1. The molecule has 0 bridgehead atoms. The lowest BCUT2D eigenvalue weighted by atomic mass is 9.77. The van der Waals surface area contributed by atoms with E-state index in [0.717, 1.165) is 0 Å². The fourth-order valence-electron chi connectivity index (χ4n) is 12.2. The zero-order chi connectivity index (χ0) is 59.6. The van der Waals surface area contributed by atoms with Crippen molar-refractivity contribution in [2.24, 2.45) is 17.8 Å². The van der Waals surface area contributed by atoms with Crippen molar-refractivity contribution in [2.75, 3.05) is 68.2 Å². The summed E-state index contributed by atoms with van der Waals surface area (Å²) in [5.41, 5.74) is -4.09. The average Bonchev–Trinajstić information content (AvgIpc) is 3.41. The van der Waals surface area contributed by atoms with E-state index in [1.54, 1.807) is 57.4 Å². The number of cyclic esters (lactones) is 1. The number of carboxylic acid groups (broad SMARTS) is 1. The third-order valence-corrected chi connectivity index (χ3v) is 16.6. The Morgan fingerprint density at radius 2 is 1.65 bits per heavy atom. The molecule has 21 heteroatoms. The van der Waals surface area contributed by atoms with Crippen molar-refractivity contribution in [3.05, 3.63) is 45.7 Å². The van der Waals surface area contributed by atoms with Crippen molar-refractivity contribution < 1.29 is 77.4 Å². The summed E-state index contributed by atoms with van der Waals surface area (Å²) >= 11 is 0. The fraction of sp³-hybridized carbons (Fsp3) is 0.763. The quantitative estimate of drug-likeness (QED) is 0.0797. The summed E-state index contributed by atoms with van der Waals surface area (Å²) in [6, 6.07) is 4.43. The van der Waals surface area contributed by atoms with Crippen LogP contribution in [-0.4, -0.2) is 211 Å². The molecule has 2 aromatic rings. The molecule has 4 heterocycles. The van der Waals surface area contributed by atoms with E-state index in [0.29, 0.717) is 43.7 Å². The number of carbonyl (C=O) groups excluding carboxylic acids is 2. The second kappa shape index (κ2) is 28.9. The van der Waals surface area contributed by atoms with E-state index < -0.39 is 107 Å². The number of aliphatic hydroxyl groups is 3. The highest BCUT2D eigenvalue weighted by molar-refractivity contribution is 5.93. The Labute approximate surface area is 473 Å². The fourth-order valence-corrected chi connectivity index (χ4v) is 12.2. The molecule has 5 N–H and O–H groups in total. The Hall–Kier alpha value is -4.12. The lowest BCUT2D eigenvalue weighted by molar-refractivity contribution is -0.318. The third-order valence-electron chi connectivity index (χ3n) is 16.6. The highest BCUT2D eigenvalue weighted by Crippen LogP contribution is 2.41. The number of aliphatic hydroxyl groups excluding tert-OH is 1. The second-order valence-corrected chi connectivity index (χ2v) is 23.4. The van der Waals surface area contributed by atoms with Crippen LogP contribution in [-0.2, 0) is 58.8 Å². The van der Waals surface area contributed by atoms with Crippen LogP contribution in [0.4, 0.5) is 0 Å². The van der Waals surface area contributed by atoms with Gasteiger partial charge in [0.25, 0.3) is 0 Å². The molecule has 3 saturated heterocycles. The number of carboxylic acids is 1. The Morgan fingerprint density at radius 1 is 0.950 bits per heavy atom. The lowest BCUT2D eigenvalue weighted by Crippen LogP contribution is -2.61. The molecular weight excluding hydrogens is 1040 g/mol. The van der Waals surface area contributed by atoms with Crippen molar-refractivity contribution in [1.29, 1.82) is 0 Å². The van der Waals surface area contributed by atoms with Crippen molar-refractivity contribution in [3.8, 4) is 11.8 Å². The largest absolute Gasteiger partial charge is 0.477 e. The van der Waals surface area contributed by atoms with E-state index >= 15 is 0 Å². The van der Waals surface area contributed by atoms with Gasteiger partial charge in [-0.1, -0.05) is 32.6 Å². The predicted octanol–water partition coefficient (Wildman–Crippen LogP) is 4.19. The lowest BCUT2D eigenvalue weighted by Gasteiger charge is -2.49. The normalized spacial score (nSPS) is 36.1. The van der Waals surface area contributed by atoms with Gasteiger partial charge >= 0.3 is 17.9 Å². The molecule has 80 heavy (non-hydrogen) atoms. The molecule has 18 atom stereocenters. The van der Waals surface area contributed by atoms with Crippen LogP contribution < -0.4 is 10.7 Å². The van der Waals surface area contributed by atoms with Gasteiger partial charge in [0.2, 0.25) is 5.43 Å². The maximum Gasteiger partial charge on any atom is 0.341 e. The van der Waals surface area contributed by atoms with E-state index in [9.17, 15) is 39.6 Å². The molecule has 452 valence electrons. The Morgan fingerprint density at radius 3 is 2.27 bits per heavy atom. The van der Waals surface area contributed by atoms with Gasteiger partial charge < -0.3 is 82.7 Å². The van der Waals surface area contributed by atoms with Gasteiger partial charge in [0.15, 0.2) is 18.7 Å². The number of methoxy groups -OCH3 is 2. The first-order chi connectivity index (χ1) is 37.5. The number of nitrogens with one attached hydrogen (secondary N) is 1. The predicted molar refractivity (Wildman–Crippen MR) is 299 cm³/mol. The molecule has 0 amide bonds. The van der Waals surface area contributed by atoms with E-state index in [1.807, 2.05) is 67.6 Å². The van der Waals surface area contributed by atoms with Gasteiger partial charge in [-0.15, -0.1) is 0 Å². The maximum atomic E-state index is 14.7. The van der Waals surface area contributed by atoms with Gasteiger partial charge in [-0.3, -0.25) is 14.4 Å². The van der Waals surface area contributed by atoms with Crippen LogP contribution in [0.15, 0.2) is 29.2 Å². The molecule has 1 aromatic carbocycles. The first kappa shape index (κ1) is 66.7. The number of hydrogen-bond acceptors (Lipinski definition) is 19. The van der Waals surface area contributed by atoms with E-state index in [2.05, 4.69) is 22.1 Å². The van der Waals surface area contributed by atoms with E-state index in [1.165, 1.54) is 20.4 Å². The van der Waals surface area contributed by atoms with Crippen LogP contribution in [0.25, 0.3) is 10.9 Å². The number of fused-ring (bicyclic) bond motifs is 1. The summed E-state index contributed by atoms with van der Waals surface area (Å²) in [5, 5.41) is 49.8. The first-order valence-corrected chi connectivity index (χ1v) is 28.3. The van der Waals surface area contributed by atoms with Gasteiger partial charge in [0, 0.05) is 82.0 Å². The van der Waals surface area contributed by atoms with E-state index in [-0.39, 0.29) is 73.9 Å². The van der Waals surface area contributed by atoms with Crippen molar-refractivity contribution in [2.45, 2.75) is 205 Å². The molecule has 0 unspecified atom stereocenters. The number of ether oxygens (including phenoxy) is 9. The molecule has 3 fully saturated rings. The number of rotatable bonds is 18.